The first-order valence-electron chi connectivity index (χ1n) is 17.5. The molecular formula is C43H40N4NiO4. The zero-order valence-corrected chi connectivity index (χ0v) is 29.9. The topological polar surface area (TPSA) is 104 Å². The molecule has 0 saturated carbocycles. The monoisotopic (exact) mass is 734 g/mol. The van der Waals surface area contributed by atoms with E-state index in [1.807, 2.05) is 115 Å². The summed E-state index contributed by atoms with van der Waals surface area (Å²) in [4.78, 5) is 27.4. The first kappa shape index (κ1) is 36.6. The summed E-state index contributed by atoms with van der Waals surface area (Å²) < 4.78 is 5.40. The van der Waals surface area contributed by atoms with E-state index in [-0.39, 0.29) is 28.4 Å². The standard InChI is InChI=1S/C43H42N4O4.Ni/c1-51-34-24-22-33(23-25-34)47-28-26-31-15-8-9-18-35(31)41(47)40(43(49)50)45-39(32-16-6-3-7-17-32)36-19-10-11-20-37(36)44-42(48)38-21-12-27-46(38)29-30-13-4-2-5-14-30;/h2-11,13-20,22-25,38,40-41H,12,21,26-29H2,1H3,(H,44,48)(H,49,50);/q;+2/p-2/t38-,40-,41-;/m0./s1. The first-order valence-corrected chi connectivity index (χ1v) is 17.5. The minimum Gasteiger partial charge on any atom is -0.861 e. The van der Waals surface area contributed by atoms with Gasteiger partial charge < -0.3 is 24.6 Å². The molecule has 5 aromatic carbocycles. The van der Waals surface area contributed by atoms with Crippen molar-refractivity contribution >= 4 is 29.0 Å². The number of aliphatic imine (C=N–C) groups is 2. The number of anilines is 1. The maximum atomic E-state index is 13.9. The average Bonchev–Trinajstić information content (AvgIpc) is 3.64. The second-order valence-electron chi connectivity index (χ2n) is 13.0. The van der Waals surface area contributed by atoms with Gasteiger partial charge in [0.1, 0.15) is 11.8 Å². The third kappa shape index (κ3) is 7.96. The number of rotatable bonds is 11. The van der Waals surface area contributed by atoms with Crippen molar-refractivity contribution < 1.29 is 36.2 Å². The fourth-order valence-corrected chi connectivity index (χ4v) is 7.37. The second kappa shape index (κ2) is 16.9. The molecule has 0 aliphatic carbocycles. The third-order valence-electron chi connectivity index (χ3n) is 9.86. The van der Waals surface area contributed by atoms with Crippen LogP contribution in [0, 0.1) is 0 Å². The molecule has 8 nitrogen and oxygen atoms in total. The van der Waals surface area contributed by atoms with Crippen LogP contribution in [0.2, 0.25) is 0 Å². The van der Waals surface area contributed by atoms with Crippen LogP contribution in [-0.2, 0) is 34.3 Å². The molecule has 266 valence electrons. The molecule has 0 spiro atoms. The molecule has 9 heteroatoms. The fraction of sp³-hybridized carbons (Fsp3) is 0.233. The zero-order valence-electron chi connectivity index (χ0n) is 28.9. The molecule has 52 heavy (non-hydrogen) atoms. The summed E-state index contributed by atoms with van der Waals surface area (Å²) in [5.41, 5.74) is 6.15. The van der Waals surface area contributed by atoms with Crippen LogP contribution in [0.1, 0.15) is 46.7 Å². The number of ether oxygens (including phenoxy) is 1. The molecule has 7 rings (SSSR count). The van der Waals surface area contributed by atoms with E-state index >= 15 is 0 Å². The summed E-state index contributed by atoms with van der Waals surface area (Å²) in [5, 5.41) is 27.3. The Bertz CT molecular complexity index is 2020. The smallest absolute Gasteiger partial charge is 0.861 e. The van der Waals surface area contributed by atoms with Gasteiger partial charge in [0.2, 0.25) is 0 Å². The van der Waals surface area contributed by atoms with Crippen molar-refractivity contribution in [2.75, 3.05) is 25.1 Å². The molecule has 0 bridgehead atoms. The van der Waals surface area contributed by atoms with Gasteiger partial charge in [-0.15, -0.1) is 0 Å². The van der Waals surface area contributed by atoms with Crippen LogP contribution in [0.3, 0.4) is 0 Å². The van der Waals surface area contributed by atoms with E-state index in [0.29, 0.717) is 41.4 Å². The Hall–Kier alpha value is -5.24. The molecule has 1 saturated heterocycles. The minimum absolute atomic E-state index is 0. The number of carbonyl (C=O) groups excluding carboxylic acids is 1. The van der Waals surface area contributed by atoms with Gasteiger partial charge in [-0.25, -0.2) is 0 Å². The van der Waals surface area contributed by atoms with E-state index in [4.69, 9.17) is 14.7 Å². The second-order valence-corrected chi connectivity index (χ2v) is 13.0. The van der Waals surface area contributed by atoms with Gasteiger partial charge >= 0.3 is 16.5 Å². The SMILES string of the molecule is COc1ccc(N2CCc3ccccc3[C@H]2[C@H](N=C(c2ccccc2)c2ccccc2N=C([O-])[C@@H]2CCCN2Cc2ccccc2)C(=O)[O-])cc1.[Ni+2]. The molecule has 0 unspecified atom stereocenters. The molecule has 2 aliphatic rings. The Balaban J connectivity index is 0.00000464. The molecule has 1 fully saturated rings. The van der Waals surface area contributed by atoms with E-state index < -0.39 is 18.1 Å². The number of carbonyl (C=O) groups is 1. The van der Waals surface area contributed by atoms with Crippen LogP contribution in [0.5, 0.6) is 5.75 Å². The van der Waals surface area contributed by atoms with Crippen LogP contribution in [0.15, 0.2) is 143 Å². The van der Waals surface area contributed by atoms with Gasteiger partial charge in [0.15, 0.2) is 0 Å². The maximum absolute atomic E-state index is 13.9. The van der Waals surface area contributed by atoms with Gasteiger partial charge in [0.05, 0.1) is 30.5 Å². The molecular weight excluding hydrogens is 695 g/mol. The van der Waals surface area contributed by atoms with E-state index in [2.05, 4.69) is 21.9 Å². The summed E-state index contributed by atoms with van der Waals surface area (Å²) in [6.07, 6.45) is 2.39. The van der Waals surface area contributed by atoms with Crippen LogP contribution >= 0.6 is 0 Å². The van der Waals surface area contributed by atoms with Crippen molar-refractivity contribution in [3.05, 3.63) is 161 Å². The van der Waals surface area contributed by atoms with Crippen molar-refractivity contribution in [3.8, 4) is 5.75 Å². The van der Waals surface area contributed by atoms with Crippen LogP contribution < -0.4 is 19.8 Å². The molecule has 2 aliphatic heterocycles. The Labute approximate surface area is 315 Å². The number of carboxylic acids is 1. The van der Waals surface area contributed by atoms with Gasteiger partial charge in [0.25, 0.3) is 0 Å². The summed E-state index contributed by atoms with van der Waals surface area (Å²) in [6.45, 7) is 2.08. The maximum Gasteiger partial charge on any atom is 2.00 e. The van der Waals surface area contributed by atoms with Crippen LogP contribution in [-0.4, -0.2) is 54.8 Å². The molecule has 0 aromatic heterocycles. The number of likely N-dealkylation sites (tertiary alicyclic amines) is 1. The van der Waals surface area contributed by atoms with Gasteiger partial charge in [-0.05, 0) is 78.7 Å². The molecule has 2 heterocycles. The third-order valence-corrected chi connectivity index (χ3v) is 9.86. The van der Waals surface area contributed by atoms with Gasteiger partial charge in [-0.1, -0.05) is 103 Å². The van der Waals surface area contributed by atoms with Gasteiger partial charge in [0, 0.05) is 35.9 Å². The van der Waals surface area contributed by atoms with Crippen molar-refractivity contribution in [2.24, 2.45) is 9.98 Å². The number of benzene rings is 5. The summed E-state index contributed by atoms with van der Waals surface area (Å²) in [5.74, 6) is -0.799. The van der Waals surface area contributed by atoms with Crippen molar-refractivity contribution in [1.29, 1.82) is 0 Å². The number of hydrogen-bond acceptors (Lipinski definition) is 8. The fourth-order valence-electron chi connectivity index (χ4n) is 7.37. The van der Waals surface area contributed by atoms with E-state index in [0.717, 1.165) is 48.2 Å². The Morgan fingerprint density at radius 1 is 0.827 bits per heavy atom. The number of para-hydroxylation sites is 1. The number of nitrogens with zero attached hydrogens (tertiary/aromatic N) is 4. The number of methoxy groups -OCH3 is 1. The van der Waals surface area contributed by atoms with Crippen molar-refractivity contribution in [3.63, 3.8) is 0 Å². The number of carboxylic acid groups (broad SMARTS) is 1. The molecule has 0 amide bonds. The van der Waals surface area contributed by atoms with E-state index in [1.165, 1.54) is 0 Å². The summed E-state index contributed by atoms with van der Waals surface area (Å²) in [7, 11) is 1.62. The summed E-state index contributed by atoms with van der Waals surface area (Å²) in [6, 6.07) is 40.3. The first-order chi connectivity index (χ1) is 25.0. The van der Waals surface area contributed by atoms with E-state index in [9.17, 15) is 15.0 Å². The number of aliphatic carboxylic acids is 1. The van der Waals surface area contributed by atoms with Crippen LogP contribution in [0.25, 0.3) is 0 Å². The van der Waals surface area contributed by atoms with Crippen molar-refractivity contribution in [2.45, 2.75) is 43.9 Å². The predicted molar refractivity (Wildman–Crippen MR) is 198 cm³/mol. The Morgan fingerprint density at radius 2 is 1.50 bits per heavy atom. The summed E-state index contributed by atoms with van der Waals surface area (Å²) >= 11 is 0. The van der Waals surface area contributed by atoms with E-state index in [1.54, 1.807) is 13.2 Å². The predicted octanol–water partition coefficient (Wildman–Crippen LogP) is 5.51. The quantitative estimate of drug-likeness (QED) is 0.101. The van der Waals surface area contributed by atoms with Gasteiger partial charge in [-0.3, -0.25) is 14.9 Å². The molecule has 0 radical (unpaired) electrons. The number of hydrogen-bond donors (Lipinski definition) is 0. The minimum atomic E-state index is -1.30. The Morgan fingerprint density at radius 3 is 2.23 bits per heavy atom. The average molecular weight is 736 g/mol. The largest absolute Gasteiger partial charge is 2.00 e. The normalized spacial score (nSPS) is 18.3. The number of fused-ring (bicyclic) bond motifs is 1. The zero-order chi connectivity index (χ0) is 35.2. The Kier molecular flexibility index (Phi) is 11.8. The van der Waals surface area contributed by atoms with Crippen LogP contribution in [0.4, 0.5) is 11.4 Å². The molecule has 5 aromatic rings. The van der Waals surface area contributed by atoms with Crippen molar-refractivity contribution in [1.82, 2.24) is 4.90 Å². The van der Waals surface area contributed by atoms with Gasteiger partial charge in [-0.2, -0.15) is 0 Å². The molecule has 0 N–H and O–H groups in total. The molecule has 3 atom stereocenters.